The number of hydrogen-bond donors (Lipinski definition) is 2. The lowest BCUT2D eigenvalue weighted by molar-refractivity contribution is 0.0293. The van der Waals surface area contributed by atoms with Crippen molar-refractivity contribution in [1.29, 1.82) is 0 Å². The van der Waals surface area contributed by atoms with Crippen LogP contribution in [-0.4, -0.2) is 23.4 Å². The molecule has 0 bridgehead atoms. The Morgan fingerprint density at radius 3 is 1.39 bits per heavy atom. The molecule has 2 N–H and O–H groups in total. The fourth-order valence-electron chi connectivity index (χ4n) is 3.63. The van der Waals surface area contributed by atoms with Crippen LogP contribution < -0.4 is 0 Å². The van der Waals surface area contributed by atoms with Gasteiger partial charge in [0.25, 0.3) is 0 Å². The molecule has 4 unspecified atom stereocenters. The predicted molar refractivity (Wildman–Crippen MR) is 76.4 cm³/mol. The summed E-state index contributed by atoms with van der Waals surface area (Å²) in [6, 6.07) is 0. The van der Waals surface area contributed by atoms with Gasteiger partial charge in [0.2, 0.25) is 0 Å². The van der Waals surface area contributed by atoms with E-state index in [1.807, 2.05) is 0 Å². The third kappa shape index (κ3) is 4.55. The van der Waals surface area contributed by atoms with Gasteiger partial charge in [0.1, 0.15) is 0 Å². The standard InChI is InChI=1S/C16H32O2/c1-3-5-7-13-9-16(12-18)14(8-6-4-2)10-15(13)11-17/h13-18H,3-12H2,1-2H3. The van der Waals surface area contributed by atoms with E-state index >= 15 is 0 Å². The summed E-state index contributed by atoms with van der Waals surface area (Å²) in [4.78, 5) is 0. The Morgan fingerprint density at radius 1 is 0.722 bits per heavy atom. The third-order valence-corrected chi connectivity index (χ3v) is 4.87. The minimum Gasteiger partial charge on any atom is -0.396 e. The summed E-state index contributed by atoms with van der Waals surface area (Å²) >= 11 is 0. The largest absolute Gasteiger partial charge is 0.396 e. The Bertz CT molecular complexity index is 183. The van der Waals surface area contributed by atoms with Gasteiger partial charge in [-0.15, -0.1) is 0 Å². The zero-order valence-corrected chi connectivity index (χ0v) is 12.3. The van der Waals surface area contributed by atoms with Crippen molar-refractivity contribution in [3.8, 4) is 0 Å². The van der Waals surface area contributed by atoms with E-state index in [1.54, 1.807) is 0 Å². The van der Waals surface area contributed by atoms with Crippen LogP contribution in [0.1, 0.15) is 65.2 Å². The zero-order valence-electron chi connectivity index (χ0n) is 12.3. The van der Waals surface area contributed by atoms with Crippen molar-refractivity contribution in [2.75, 3.05) is 13.2 Å². The van der Waals surface area contributed by atoms with E-state index in [0.717, 1.165) is 12.8 Å². The maximum absolute atomic E-state index is 9.60. The van der Waals surface area contributed by atoms with Gasteiger partial charge in [-0.1, -0.05) is 52.4 Å². The first-order valence-corrected chi connectivity index (χ1v) is 7.98. The molecule has 1 aliphatic carbocycles. The highest BCUT2D eigenvalue weighted by molar-refractivity contribution is 4.85. The van der Waals surface area contributed by atoms with Crippen molar-refractivity contribution in [3.05, 3.63) is 0 Å². The maximum Gasteiger partial charge on any atom is 0.0462 e. The van der Waals surface area contributed by atoms with Gasteiger partial charge in [-0.05, 0) is 36.5 Å². The van der Waals surface area contributed by atoms with E-state index in [1.165, 1.54) is 38.5 Å². The van der Waals surface area contributed by atoms with Crippen LogP contribution in [0.5, 0.6) is 0 Å². The SMILES string of the molecule is CCCCC1CC(CO)C(CCCC)CC1CO. The Hall–Kier alpha value is -0.0800. The van der Waals surface area contributed by atoms with Crippen LogP contribution in [0, 0.1) is 23.7 Å². The van der Waals surface area contributed by atoms with Crippen LogP contribution in [0.3, 0.4) is 0 Å². The fourth-order valence-corrected chi connectivity index (χ4v) is 3.63. The molecule has 0 spiro atoms. The molecule has 2 nitrogen and oxygen atoms in total. The highest BCUT2D eigenvalue weighted by Gasteiger charge is 2.35. The Morgan fingerprint density at radius 2 is 1.11 bits per heavy atom. The summed E-state index contributed by atoms with van der Waals surface area (Å²) in [5.41, 5.74) is 0. The molecule has 18 heavy (non-hydrogen) atoms. The molecule has 2 heteroatoms. The molecule has 0 amide bonds. The molecule has 1 fully saturated rings. The molecule has 0 heterocycles. The first-order chi connectivity index (χ1) is 8.76. The summed E-state index contributed by atoms with van der Waals surface area (Å²) < 4.78 is 0. The minimum absolute atomic E-state index is 0.342. The van der Waals surface area contributed by atoms with Crippen LogP contribution in [0.15, 0.2) is 0 Å². The van der Waals surface area contributed by atoms with E-state index in [9.17, 15) is 10.2 Å². The van der Waals surface area contributed by atoms with Gasteiger partial charge >= 0.3 is 0 Å². The minimum atomic E-state index is 0.342. The first kappa shape index (κ1) is 16.0. The summed E-state index contributed by atoms with van der Waals surface area (Å²) in [5.74, 6) is 2.26. The smallest absolute Gasteiger partial charge is 0.0462 e. The molecule has 0 aromatic rings. The topological polar surface area (TPSA) is 40.5 Å². The molecule has 0 aromatic carbocycles. The van der Waals surface area contributed by atoms with Gasteiger partial charge in [-0.25, -0.2) is 0 Å². The third-order valence-electron chi connectivity index (χ3n) is 4.87. The molecule has 1 aliphatic rings. The number of unbranched alkanes of at least 4 members (excludes halogenated alkanes) is 2. The number of aliphatic hydroxyl groups excluding tert-OH is 2. The Labute approximate surface area is 113 Å². The van der Waals surface area contributed by atoms with E-state index in [0.29, 0.717) is 36.9 Å². The van der Waals surface area contributed by atoms with Gasteiger partial charge in [0.15, 0.2) is 0 Å². The highest BCUT2D eigenvalue weighted by atomic mass is 16.3. The lowest BCUT2D eigenvalue weighted by Crippen LogP contribution is -2.35. The Kier molecular flexibility index (Phi) is 7.92. The van der Waals surface area contributed by atoms with Gasteiger partial charge in [0.05, 0.1) is 0 Å². The van der Waals surface area contributed by atoms with Crippen molar-refractivity contribution >= 4 is 0 Å². The van der Waals surface area contributed by atoms with Crippen molar-refractivity contribution in [2.24, 2.45) is 23.7 Å². The Balaban J connectivity index is 2.54. The van der Waals surface area contributed by atoms with Crippen molar-refractivity contribution < 1.29 is 10.2 Å². The van der Waals surface area contributed by atoms with Crippen LogP contribution in [0.25, 0.3) is 0 Å². The van der Waals surface area contributed by atoms with Gasteiger partial charge in [-0.3, -0.25) is 0 Å². The summed E-state index contributed by atoms with van der Waals surface area (Å²) in [6.07, 6.45) is 9.73. The number of hydrogen-bond acceptors (Lipinski definition) is 2. The molecule has 1 rings (SSSR count). The molecule has 0 radical (unpaired) electrons. The van der Waals surface area contributed by atoms with E-state index < -0.39 is 0 Å². The zero-order chi connectivity index (χ0) is 13.4. The molecule has 108 valence electrons. The summed E-state index contributed by atoms with van der Waals surface area (Å²) in [7, 11) is 0. The quantitative estimate of drug-likeness (QED) is 0.696. The van der Waals surface area contributed by atoms with Gasteiger partial charge in [-0.2, -0.15) is 0 Å². The molecule has 0 saturated heterocycles. The molecule has 4 atom stereocenters. The van der Waals surface area contributed by atoms with E-state index in [2.05, 4.69) is 13.8 Å². The molecular formula is C16H32O2. The predicted octanol–water partition coefficient (Wildman–Crippen LogP) is 3.61. The monoisotopic (exact) mass is 256 g/mol. The van der Waals surface area contributed by atoms with Crippen molar-refractivity contribution in [3.63, 3.8) is 0 Å². The van der Waals surface area contributed by atoms with Crippen molar-refractivity contribution in [1.82, 2.24) is 0 Å². The average Bonchev–Trinajstić information content (AvgIpc) is 2.42. The van der Waals surface area contributed by atoms with Crippen molar-refractivity contribution in [2.45, 2.75) is 65.2 Å². The maximum atomic E-state index is 9.60. The fraction of sp³-hybridized carbons (Fsp3) is 1.00. The highest BCUT2D eigenvalue weighted by Crippen LogP contribution is 2.42. The number of aliphatic hydroxyl groups is 2. The first-order valence-electron chi connectivity index (χ1n) is 7.98. The molecule has 0 aliphatic heterocycles. The second kappa shape index (κ2) is 8.92. The number of rotatable bonds is 8. The molecule has 1 saturated carbocycles. The lowest BCUT2D eigenvalue weighted by Gasteiger charge is -2.40. The van der Waals surface area contributed by atoms with Gasteiger partial charge < -0.3 is 10.2 Å². The van der Waals surface area contributed by atoms with Crippen LogP contribution >= 0.6 is 0 Å². The second-order valence-corrected chi connectivity index (χ2v) is 6.16. The van der Waals surface area contributed by atoms with E-state index in [4.69, 9.17) is 0 Å². The van der Waals surface area contributed by atoms with Crippen LogP contribution in [-0.2, 0) is 0 Å². The van der Waals surface area contributed by atoms with Gasteiger partial charge in [0, 0.05) is 13.2 Å². The second-order valence-electron chi connectivity index (χ2n) is 6.16. The molecular weight excluding hydrogens is 224 g/mol. The normalized spacial score (nSPS) is 32.7. The molecule has 0 aromatic heterocycles. The lowest BCUT2D eigenvalue weighted by atomic mass is 9.66. The van der Waals surface area contributed by atoms with E-state index in [-0.39, 0.29) is 0 Å². The summed E-state index contributed by atoms with van der Waals surface area (Å²) in [6.45, 7) is 5.14. The average molecular weight is 256 g/mol. The van der Waals surface area contributed by atoms with Crippen LogP contribution in [0.4, 0.5) is 0 Å². The van der Waals surface area contributed by atoms with Crippen LogP contribution in [0.2, 0.25) is 0 Å². The summed E-state index contributed by atoms with van der Waals surface area (Å²) in [5, 5.41) is 19.2.